The van der Waals surface area contributed by atoms with Crippen molar-refractivity contribution in [3.05, 3.63) is 134 Å². The van der Waals surface area contributed by atoms with Crippen LogP contribution in [0.5, 0.6) is 0 Å². The molecule has 0 radical (unpaired) electrons. The Morgan fingerprint density at radius 1 is 0.439 bits per heavy atom. The minimum atomic E-state index is 0.898. The van der Waals surface area contributed by atoms with Crippen LogP contribution in [-0.2, 0) is 0 Å². The van der Waals surface area contributed by atoms with Gasteiger partial charge in [-0.15, -0.1) is 0 Å². The van der Waals surface area contributed by atoms with Crippen LogP contribution in [-0.4, -0.2) is 9.97 Å². The lowest BCUT2D eigenvalue weighted by Gasteiger charge is -2.18. The van der Waals surface area contributed by atoms with E-state index in [1.807, 2.05) is 24.5 Å². The Balaban J connectivity index is 1.51. The fraction of sp³-hybridized carbons (Fsp3) is 0. The van der Waals surface area contributed by atoms with Gasteiger partial charge in [-0.1, -0.05) is 91.0 Å². The highest BCUT2D eigenvalue weighted by Crippen LogP contribution is 2.47. The SMILES string of the molecule is c1ccc2c(c1)nc(-c1c3ccccc3c(-c3ccncc3)c3ccccc13)c1ccc3c4ccccc4oc3c12. The molecule has 0 N–H and O–H groups in total. The predicted molar refractivity (Wildman–Crippen MR) is 170 cm³/mol. The first-order chi connectivity index (χ1) is 20.4. The zero-order chi connectivity index (χ0) is 26.9. The molecule has 3 heteroatoms. The van der Waals surface area contributed by atoms with Gasteiger partial charge >= 0.3 is 0 Å². The first-order valence-electron chi connectivity index (χ1n) is 13.8. The number of fused-ring (bicyclic) bond motifs is 9. The number of benzene rings is 6. The highest BCUT2D eigenvalue weighted by atomic mass is 16.3. The summed E-state index contributed by atoms with van der Waals surface area (Å²) in [7, 11) is 0. The van der Waals surface area contributed by atoms with Crippen LogP contribution in [0.15, 0.2) is 138 Å². The molecule has 3 aromatic heterocycles. The van der Waals surface area contributed by atoms with Crippen molar-refractivity contribution in [1.29, 1.82) is 0 Å². The molecule has 0 fully saturated rings. The van der Waals surface area contributed by atoms with Gasteiger partial charge < -0.3 is 4.42 Å². The maximum Gasteiger partial charge on any atom is 0.144 e. The van der Waals surface area contributed by atoms with Crippen molar-refractivity contribution >= 4 is 65.2 Å². The van der Waals surface area contributed by atoms with Crippen LogP contribution in [0, 0.1) is 0 Å². The third-order valence-corrected chi connectivity index (χ3v) is 8.34. The summed E-state index contributed by atoms with van der Waals surface area (Å²) in [6, 6.07) is 42.7. The third-order valence-electron chi connectivity index (χ3n) is 8.34. The van der Waals surface area contributed by atoms with Crippen LogP contribution in [0.25, 0.3) is 87.5 Å². The lowest BCUT2D eigenvalue weighted by molar-refractivity contribution is 0.673. The molecule has 6 aromatic carbocycles. The minimum Gasteiger partial charge on any atom is -0.455 e. The molecule has 9 aromatic rings. The van der Waals surface area contributed by atoms with E-state index in [0.717, 1.165) is 60.4 Å². The van der Waals surface area contributed by atoms with Crippen molar-refractivity contribution < 1.29 is 4.42 Å². The van der Waals surface area contributed by atoms with Crippen molar-refractivity contribution in [2.75, 3.05) is 0 Å². The summed E-state index contributed by atoms with van der Waals surface area (Å²) in [6.07, 6.45) is 3.73. The number of aromatic nitrogens is 2. The van der Waals surface area contributed by atoms with Gasteiger partial charge in [0.25, 0.3) is 0 Å². The smallest absolute Gasteiger partial charge is 0.144 e. The molecule has 0 bridgehead atoms. The van der Waals surface area contributed by atoms with Crippen molar-refractivity contribution in [1.82, 2.24) is 9.97 Å². The molecule has 3 nitrogen and oxygen atoms in total. The van der Waals surface area contributed by atoms with Gasteiger partial charge in [-0.25, -0.2) is 4.98 Å². The van der Waals surface area contributed by atoms with Gasteiger partial charge in [0, 0.05) is 44.9 Å². The van der Waals surface area contributed by atoms with Gasteiger partial charge in [0.05, 0.1) is 11.2 Å². The Morgan fingerprint density at radius 2 is 1.00 bits per heavy atom. The van der Waals surface area contributed by atoms with Crippen molar-refractivity contribution in [2.45, 2.75) is 0 Å². The number of nitrogens with zero attached hydrogens (tertiary/aromatic N) is 2. The van der Waals surface area contributed by atoms with E-state index in [9.17, 15) is 0 Å². The molecule has 41 heavy (non-hydrogen) atoms. The zero-order valence-electron chi connectivity index (χ0n) is 22.0. The largest absolute Gasteiger partial charge is 0.455 e. The monoisotopic (exact) mass is 522 g/mol. The molecule has 190 valence electrons. The summed E-state index contributed by atoms with van der Waals surface area (Å²) in [5.41, 5.74) is 7.23. The summed E-state index contributed by atoms with van der Waals surface area (Å²) in [5.74, 6) is 0. The zero-order valence-corrected chi connectivity index (χ0v) is 22.0. The molecule has 0 unspecified atom stereocenters. The van der Waals surface area contributed by atoms with Gasteiger partial charge in [0.15, 0.2) is 0 Å². The average molecular weight is 523 g/mol. The predicted octanol–water partition coefficient (Wildman–Crippen LogP) is 10.3. The van der Waals surface area contributed by atoms with Crippen molar-refractivity contribution in [3.8, 4) is 22.4 Å². The number of furan rings is 1. The number of para-hydroxylation sites is 2. The van der Waals surface area contributed by atoms with E-state index in [-0.39, 0.29) is 0 Å². The summed E-state index contributed by atoms with van der Waals surface area (Å²) in [6.45, 7) is 0. The molecule has 0 amide bonds. The number of hydrogen-bond donors (Lipinski definition) is 0. The Hall–Kier alpha value is -5.54. The van der Waals surface area contributed by atoms with Gasteiger partial charge in [-0.05, 0) is 63.0 Å². The number of hydrogen-bond acceptors (Lipinski definition) is 3. The van der Waals surface area contributed by atoms with E-state index in [1.165, 1.54) is 27.1 Å². The van der Waals surface area contributed by atoms with Crippen molar-refractivity contribution in [3.63, 3.8) is 0 Å². The second-order valence-corrected chi connectivity index (χ2v) is 10.5. The first kappa shape index (κ1) is 22.3. The summed E-state index contributed by atoms with van der Waals surface area (Å²) >= 11 is 0. The highest BCUT2D eigenvalue weighted by Gasteiger charge is 2.22. The highest BCUT2D eigenvalue weighted by molar-refractivity contribution is 6.28. The van der Waals surface area contributed by atoms with E-state index in [0.29, 0.717) is 0 Å². The molecule has 0 aliphatic carbocycles. The van der Waals surface area contributed by atoms with Gasteiger partial charge in [0.1, 0.15) is 11.2 Å². The average Bonchev–Trinajstić information content (AvgIpc) is 3.42. The van der Waals surface area contributed by atoms with E-state index in [4.69, 9.17) is 9.40 Å². The molecule has 9 rings (SSSR count). The topological polar surface area (TPSA) is 38.9 Å². The van der Waals surface area contributed by atoms with Crippen LogP contribution < -0.4 is 0 Å². The fourth-order valence-electron chi connectivity index (χ4n) is 6.62. The molecule has 0 aliphatic rings. The molecular formula is C38H22N2O. The lowest BCUT2D eigenvalue weighted by Crippen LogP contribution is -1.95. The van der Waals surface area contributed by atoms with Gasteiger partial charge in [-0.3, -0.25) is 4.98 Å². The molecule has 0 atom stereocenters. The molecule has 0 spiro atoms. The van der Waals surface area contributed by atoms with Crippen LogP contribution in [0.4, 0.5) is 0 Å². The summed E-state index contributed by atoms with van der Waals surface area (Å²) in [4.78, 5) is 9.67. The first-order valence-corrected chi connectivity index (χ1v) is 13.8. The van der Waals surface area contributed by atoms with Gasteiger partial charge in [0.2, 0.25) is 0 Å². The van der Waals surface area contributed by atoms with Gasteiger partial charge in [-0.2, -0.15) is 0 Å². The maximum absolute atomic E-state index is 6.58. The van der Waals surface area contributed by atoms with Crippen LogP contribution in [0.3, 0.4) is 0 Å². The van der Waals surface area contributed by atoms with E-state index in [1.54, 1.807) is 0 Å². The van der Waals surface area contributed by atoms with E-state index >= 15 is 0 Å². The van der Waals surface area contributed by atoms with E-state index in [2.05, 4.69) is 114 Å². The van der Waals surface area contributed by atoms with Crippen molar-refractivity contribution in [2.24, 2.45) is 0 Å². The summed E-state index contributed by atoms with van der Waals surface area (Å²) < 4.78 is 6.58. The third kappa shape index (κ3) is 3.14. The molecular weight excluding hydrogens is 500 g/mol. The van der Waals surface area contributed by atoms with Crippen LogP contribution >= 0.6 is 0 Å². The van der Waals surface area contributed by atoms with E-state index < -0.39 is 0 Å². The number of pyridine rings is 2. The minimum absolute atomic E-state index is 0.898. The molecule has 3 heterocycles. The second kappa shape index (κ2) is 8.48. The fourth-order valence-corrected chi connectivity index (χ4v) is 6.62. The number of rotatable bonds is 2. The quantitative estimate of drug-likeness (QED) is 0.167. The second-order valence-electron chi connectivity index (χ2n) is 10.5. The maximum atomic E-state index is 6.58. The van der Waals surface area contributed by atoms with Crippen LogP contribution in [0.2, 0.25) is 0 Å². The standard InChI is InChI=1S/C38H22N2O/c1-3-12-27-25(10-1)34(23-19-21-39-22-20-23)26-11-2-4-13-28(26)35(27)37-31-18-17-29-24-9-6-8-16-33(24)41-38(29)36(31)30-14-5-7-15-32(30)40-37/h1-22H. The molecule has 0 saturated carbocycles. The molecule has 0 aliphatic heterocycles. The Morgan fingerprint density at radius 3 is 1.71 bits per heavy atom. The Labute approximate surface area is 235 Å². The Bertz CT molecular complexity index is 2420. The molecule has 0 saturated heterocycles. The summed E-state index contributed by atoms with van der Waals surface area (Å²) in [5, 5.41) is 10.3. The lowest BCUT2D eigenvalue weighted by atomic mass is 9.86. The normalized spacial score (nSPS) is 11.9. The van der Waals surface area contributed by atoms with Crippen LogP contribution in [0.1, 0.15) is 0 Å². The Kier molecular flexibility index (Phi) is 4.61.